The Morgan fingerprint density at radius 2 is 1.63 bits per heavy atom. The number of nitrogens with zero attached hydrogens (tertiary/aromatic N) is 2. The van der Waals surface area contributed by atoms with E-state index in [4.69, 9.17) is 9.94 Å². The summed E-state index contributed by atoms with van der Waals surface area (Å²) in [6.07, 6.45) is -0.246. The van der Waals surface area contributed by atoms with Crippen LogP contribution in [-0.2, 0) is 19.4 Å². The number of rotatable bonds is 9. The van der Waals surface area contributed by atoms with Crippen molar-refractivity contribution in [3.8, 4) is 11.5 Å². The highest BCUT2D eigenvalue weighted by molar-refractivity contribution is 7.91. The number of hydrogen-bond acceptors (Lipinski definition) is 7. The molecule has 0 aliphatic carbocycles. The molecule has 1 heterocycles. The lowest BCUT2D eigenvalue weighted by Gasteiger charge is -2.22. The number of amides is 4. The molecule has 10 nitrogen and oxygen atoms in total. The summed E-state index contributed by atoms with van der Waals surface area (Å²) < 4.78 is 44.3. The van der Waals surface area contributed by atoms with Gasteiger partial charge in [-0.05, 0) is 68.8 Å². The fourth-order valence-electron chi connectivity index (χ4n) is 3.53. The van der Waals surface area contributed by atoms with E-state index in [-0.39, 0.29) is 17.9 Å². The Hall–Kier alpha value is -3.51. The largest absolute Gasteiger partial charge is 0.457 e. The second-order valence-corrected chi connectivity index (χ2v) is 10.7. The molecular weight excluding hydrogens is 481 g/mol. The number of nitrogens with one attached hydrogen (secondary N) is 1. The minimum Gasteiger partial charge on any atom is -0.457 e. The molecule has 1 atom stereocenters. The zero-order valence-electron chi connectivity index (χ0n) is 19.4. The summed E-state index contributed by atoms with van der Waals surface area (Å²) in [5, 5.41) is 9.10. The molecule has 2 N–H and O–H groups in total. The second-order valence-electron chi connectivity index (χ2n) is 8.62. The van der Waals surface area contributed by atoms with Gasteiger partial charge in [0.15, 0.2) is 9.84 Å². The van der Waals surface area contributed by atoms with Gasteiger partial charge in [0, 0.05) is 13.6 Å². The normalized spacial score (nSPS) is 16.4. The van der Waals surface area contributed by atoms with Crippen LogP contribution in [0.1, 0.15) is 20.3 Å². The monoisotopic (exact) mass is 507 g/mol. The van der Waals surface area contributed by atoms with Crippen molar-refractivity contribution in [3.05, 3.63) is 54.3 Å². The first-order valence-corrected chi connectivity index (χ1v) is 12.3. The number of sulfone groups is 1. The van der Waals surface area contributed by atoms with Gasteiger partial charge in [-0.15, -0.1) is 0 Å². The summed E-state index contributed by atoms with van der Waals surface area (Å²) in [5.41, 5.74) is 0.364. The average Bonchev–Trinajstić information content (AvgIpc) is 2.97. The molecule has 1 aliphatic rings. The Labute approximate surface area is 202 Å². The maximum atomic E-state index is 13.0. The van der Waals surface area contributed by atoms with Crippen molar-refractivity contribution in [2.75, 3.05) is 19.3 Å². The third kappa shape index (κ3) is 5.60. The lowest BCUT2D eigenvalue weighted by molar-refractivity contribution is -0.136. The van der Waals surface area contributed by atoms with Crippen LogP contribution in [0.4, 0.5) is 9.18 Å². The van der Waals surface area contributed by atoms with Crippen molar-refractivity contribution in [1.29, 1.82) is 0 Å². The molecule has 3 rings (SSSR count). The quantitative estimate of drug-likeness (QED) is 0.303. The van der Waals surface area contributed by atoms with Crippen molar-refractivity contribution in [1.82, 2.24) is 15.3 Å². The molecular formula is C23H26FN3O7S. The van der Waals surface area contributed by atoms with E-state index in [1.165, 1.54) is 66.0 Å². The smallest absolute Gasteiger partial charge is 0.327 e. The van der Waals surface area contributed by atoms with Crippen LogP contribution < -0.4 is 10.2 Å². The van der Waals surface area contributed by atoms with Crippen LogP contribution in [0.25, 0.3) is 0 Å². The molecule has 1 saturated heterocycles. The Morgan fingerprint density at radius 1 is 1.09 bits per heavy atom. The number of carbonyl (C=O) groups excluding carboxylic acids is 3. The van der Waals surface area contributed by atoms with E-state index >= 15 is 0 Å². The van der Waals surface area contributed by atoms with Crippen LogP contribution in [0.15, 0.2) is 53.4 Å². The molecule has 2 aromatic rings. The molecule has 4 amide bonds. The van der Waals surface area contributed by atoms with Gasteiger partial charge in [-0.25, -0.2) is 23.1 Å². The molecule has 2 aromatic carbocycles. The van der Waals surface area contributed by atoms with Crippen molar-refractivity contribution in [2.24, 2.45) is 5.92 Å². The number of hydroxylamine groups is 1. The molecule has 0 radical (unpaired) electrons. The lowest BCUT2D eigenvalue weighted by atomic mass is 10.0. The number of hydrogen-bond donors (Lipinski definition) is 2. The Bertz CT molecular complexity index is 1210. The Balaban J connectivity index is 1.69. The van der Waals surface area contributed by atoms with E-state index in [0.717, 1.165) is 4.90 Å². The van der Waals surface area contributed by atoms with Gasteiger partial charge in [0.05, 0.1) is 16.6 Å². The number of carbonyl (C=O) groups is 3. The number of imide groups is 1. The summed E-state index contributed by atoms with van der Waals surface area (Å²) in [7, 11) is -2.40. The van der Waals surface area contributed by atoms with Crippen LogP contribution in [0.3, 0.4) is 0 Å². The van der Waals surface area contributed by atoms with Gasteiger partial charge in [0.1, 0.15) is 22.9 Å². The number of urea groups is 1. The van der Waals surface area contributed by atoms with Crippen molar-refractivity contribution < 1.29 is 37.1 Å². The molecule has 12 heteroatoms. The summed E-state index contributed by atoms with van der Waals surface area (Å²) in [6, 6.07) is 10.3. The van der Waals surface area contributed by atoms with Crippen LogP contribution >= 0.6 is 0 Å². The van der Waals surface area contributed by atoms with Crippen molar-refractivity contribution >= 4 is 27.7 Å². The zero-order chi connectivity index (χ0) is 26.0. The maximum Gasteiger partial charge on any atom is 0.327 e. The van der Waals surface area contributed by atoms with Gasteiger partial charge >= 0.3 is 6.03 Å². The number of benzene rings is 2. The minimum absolute atomic E-state index is 0.0266. The molecule has 1 aliphatic heterocycles. The van der Waals surface area contributed by atoms with Gasteiger partial charge in [0.2, 0.25) is 5.91 Å². The molecule has 0 bridgehead atoms. The molecule has 0 saturated carbocycles. The van der Waals surface area contributed by atoms with E-state index in [2.05, 4.69) is 0 Å². The Kier molecular flexibility index (Phi) is 7.46. The van der Waals surface area contributed by atoms with Crippen LogP contribution in [0, 0.1) is 11.7 Å². The fraction of sp³-hybridized carbons (Fsp3) is 0.348. The summed E-state index contributed by atoms with van der Waals surface area (Å²) in [5.74, 6) is -2.76. The zero-order valence-corrected chi connectivity index (χ0v) is 20.2. The minimum atomic E-state index is -3.85. The molecule has 188 valence electrons. The summed E-state index contributed by atoms with van der Waals surface area (Å²) in [4.78, 5) is 39.4. The lowest BCUT2D eigenvalue weighted by Crippen LogP contribution is -2.43. The first kappa shape index (κ1) is 26.1. The maximum absolute atomic E-state index is 13.0. The predicted octanol–water partition coefficient (Wildman–Crippen LogP) is 2.58. The van der Waals surface area contributed by atoms with E-state index < -0.39 is 50.7 Å². The highest BCUT2D eigenvalue weighted by Crippen LogP contribution is 2.28. The van der Waals surface area contributed by atoms with Gasteiger partial charge in [0.25, 0.3) is 5.91 Å². The van der Waals surface area contributed by atoms with Crippen LogP contribution in [0.5, 0.6) is 11.5 Å². The summed E-state index contributed by atoms with van der Waals surface area (Å²) >= 11 is 0. The highest BCUT2D eigenvalue weighted by atomic mass is 32.2. The average molecular weight is 508 g/mol. The molecule has 1 fully saturated rings. The van der Waals surface area contributed by atoms with Crippen LogP contribution in [-0.4, -0.2) is 66.2 Å². The molecule has 0 spiro atoms. The number of likely N-dealkylation sites (N-methyl/N-ethyl adjacent to an activating group) is 1. The predicted molar refractivity (Wildman–Crippen MR) is 122 cm³/mol. The molecule has 0 aromatic heterocycles. The standard InChI is InChI=1S/C23H26FN3O7S/c1-23(2)21(29)27(22(30)26(23)3)14-15(20(28)25-31)12-13-35(32,33)19-10-8-18(9-11-19)34-17-6-4-16(24)5-7-17/h4-11,15,31H,12-14H2,1-3H3,(H,25,28). The van der Waals surface area contributed by atoms with Crippen molar-refractivity contribution in [3.63, 3.8) is 0 Å². The molecule has 35 heavy (non-hydrogen) atoms. The van der Waals surface area contributed by atoms with Crippen molar-refractivity contribution in [2.45, 2.75) is 30.7 Å². The van der Waals surface area contributed by atoms with E-state index in [9.17, 15) is 27.2 Å². The topological polar surface area (TPSA) is 133 Å². The molecule has 1 unspecified atom stereocenters. The van der Waals surface area contributed by atoms with Crippen LogP contribution in [0.2, 0.25) is 0 Å². The first-order chi connectivity index (χ1) is 16.4. The van der Waals surface area contributed by atoms with E-state index in [1.807, 2.05) is 0 Å². The third-order valence-electron chi connectivity index (χ3n) is 5.98. The van der Waals surface area contributed by atoms with Gasteiger partial charge in [-0.2, -0.15) is 0 Å². The number of ether oxygens (including phenoxy) is 1. The third-order valence-corrected chi connectivity index (χ3v) is 7.74. The number of halogens is 1. The Morgan fingerprint density at radius 3 is 2.11 bits per heavy atom. The van der Waals surface area contributed by atoms with E-state index in [0.29, 0.717) is 11.5 Å². The van der Waals surface area contributed by atoms with Gasteiger partial charge < -0.3 is 9.64 Å². The first-order valence-electron chi connectivity index (χ1n) is 10.7. The SMILES string of the molecule is CN1C(=O)N(CC(CCS(=O)(=O)c2ccc(Oc3ccc(F)cc3)cc2)C(=O)NO)C(=O)C1(C)C. The second kappa shape index (κ2) is 10.0. The van der Waals surface area contributed by atoms with Gasteiger partial charge in [-0.1, -0.05) is 0 Å². The highest BCUT2D eigenvalue weighted by Gasteiger charge is 2.50. The summed E-state index contributed by atoms with van der Waals surface area (Å²) in [6.45, 7) is 2.74. The fourth-order valence-corrected chi connectivity index (χ4v) is 4.91. The van der Waals surface area contributed by atoms with Gasteiger partial charge in [-0.3, -0.25) is 19.7 Å². The van der Waals surface area contributed by atoms with E-state index in [1.54, 1.807) is 13.8 Å².